The molecule has 29 heavy (non-hydrogen) atoms. The van der Waals surface area contributed by atoms with Crippen molar-refractivity contribution in [2.24, 2.45) is 0 Å². The number of carbonyl (C=O) groups is 3. The molecule has 0 fully saturated rings. The summed E-state index contributed by atoms with van der Waals surface area (Å²) < 4.78 is 5.39. The number of furan rings is 1. The summed E-state index contributed by atoms with van der Waals surface area (Å²) in [5.41, 5.74) is 0.177. The maximum atomic E-state index is 12.3. The number of amides is 3. The number of aromatic hydroxyl groups is 1. The van der Waals surface area contributed by atoms with Crippen molar-refractivity contribution in [2.45, 2.75) is 19.4 Å². The molecule has 1 aliphatic heterocycles. The van der Waals surface area contributed by atoms with E-state index in [1.807, 2.05) is 6.92 Å². The number of rotatable bonds is 7. The number of nitrogens with zero attached hydrogens (tertiary/aromatic N) is 1. The lowest BCUT2D eigenvalue weighted by Crippen LogP contribution is -2.29. The monoisotopic (exact) mass is 398 g/mol. The highest BCUT2D eigenvalue weighted by Crippen LogP contribution is 2.31. The predicted octanol–water partition coefficient (Wildman–Crippen LogP) is 1.71. The molecular formula is C20H22N4O5. The first-order chi connectivity index (χ1) is 13.8. The first-order valence-electron chi connectivity index (χ1n) is 9.04. The molecule has 0 spiro atoms. The number of nitrogens with one attached hydrogen (secondary N) is 3. The molecule has 2 heterocycles. The normalized spacial score (nSPS) is 14.6. The molecule has 0 saturated carbocycles. The van der Waals surface area contributed by atoms with Crippen molar-refractivity contribution in [3.8, 4) is 5.75 Å². The minimum Gasteiger partial charge on any atom is -0.505 e. The molecule has 4 N–H and O–H groups in total. The number of benzene rings is 1. The Kier molecular flexibility index (Phi) is 5.58. The molecule has 1 aromatic heterocycles. The molecule has 1 atom stereocenters. The number of phenolic OH excluding ortho intramolecular Hbond substituents is 1. The van der Waals surface area contributed by atoms with E-state index in [0.717, 1.165) is 0 Å². The van der Waals surface area contributed by atoms with Gasteiger partial charge in [0.15, 0.2) is 5.75 Å². The van der Waals surface area contributed by atoms with Gasteiger partial charge in [-0.2, -0.15) is 0 Å². The van der Waals surface area contributed by atoms with Crippen LogP contribution in [-0.2, 0) is 9.59 Å². The Morgan fingerprint density at radius 1 is 1.17 bits per heavy atom. The summed E-state index contributed by atoms with van der Waals surface area (Å²) in [4.78, 5) is 38.2. The van der Waals surface area contributed by atoms with Gasteiger partial charge < -0.3 is 25.1 Å². The van der Waals surface area contributed by atoms with Crippen LogP contribution in [0.25, 0.3) is 0 Å². The number of hydrogen-bond acceptors (Lipinski definition) is 7. The van der Waals surface area contributed by atoms with Crippen LogP contribution in [0, 0.1) is 0 Å². The third kappa shape index (κ3) is 3.93. The SMILES string of the molecule is CC[C@@H](NC1=C(Nc2cccc(C(=O)N(C)C)c2O)C(=O)NC1=O)c1ccco1. The number of anilines is 1. The van der Waals surface area contributed by atoms with E-state index in [4.69, 9.17) is 4.42 Å². The van der Waals surface area contributed by atoms with E-state index < -0.39 is 17.7 Å². The third-order valence-electron chi connectivity index (χ3n) is 4.48. The Bertz CT molecular complexity index is 979. The van der Waals surface area contributed by atoms with Gasteiger partial charge in [0.05, 0.1) is 23.6 Å². The molecule has 0 unspecified atom stereocenters. The molecule has 3 amide bonds. The standard InChI is InChI=1S/C20H22N4O5/c1-4-12(14-9-6-10-29-14)21-15-16(19(27)23-18(15)26)22-13-8-5-7-11(17(13)25)20(28)24(2)3/h5-10,12,25H,4H2,1-3H3,(H3,21,22,23,26,27)/t12-/m1/s1. The fourth-order valence-corrected chi connectivity index (χ4v) is 2.94. The van der Waals surface area contributed by atoms with E-state index in [1.54, 1.807) is 32.3 Å². The van der Waals surface area contributed by atoms with E-state index in [0.29, 0.717) is 12.2 Å². The Hall–Kier alpha value is -3.75. The third-order valence-corrected chi connectivity index (χ3v) is 4.48. The zero-order valence-electron chi connectivity index (χ0n) is 16.3. The molecule has 1 aliphatic rings. The van der Waals surface area contributed by atoms with Gasteiger partial charge in [0.1, 0.15) is 17.2 Å². The first-order valence-corrected chi connectivity index (χ1v) is 9.04. The van der Waals surface area contributed by atoms with Crippen molar-refractivity contribution in [1.82, 2.24) is 15.5 Å². The molecule has 0 radical (unpaired) electrons. The van der Waals surface area contributed by atoms with Crippen LogP contribution in [0.5, 0.6) is 5.75 Å². The Labute approximate surface area is 167 Å². The second kappa shape index (κ2) is 8.09. The predicted molar refractivity (Wildman–Crippen MR) is 105 cm³/mol. The van der Waals surface area contributed by atoms with Crippen LogP contribution in [0.4, 0.5) is 5.69 Å². The fraction of sp³-hybridized carbons (Fsp3) is 0.250. The van der Waals surface area contributed by atoms with Crippen LogP contribution >= 0.6 is 0 Å². The van der Waals surface area contributed by atoms with E-state index in [1.165, 1.54) is 23.3 Å². The average Bonchev–Trinajstić information content (AvgIpc) is 3.30. The number of phenols is 1. The molecule has 3 rings (SSSR count). The highest BCUT2D eigenvalue weighted by Gasteiger charge is 2.33. The van der Waals surface area contributed by atoms with Gasteiger partial charge in [-0.3, -0.25) is 19.7 Å². The lowest BCUT2D eigenvalue weighted by molar-refractivity contribution is -0.124. The second-order valence-corrected chi connectivity index (χ2v) is 6.68. The van der Waals surface area contributed by atoms with E-state index >= 15 is 0 Å². The highest BCUT2D eigenvalue weighted by atomic mass is 16.3. The molecule has 9 heteroatoms. The lowest BCUT2D eigenvalue weighted by Gasteiger charge is -2.18. The van der Waals surface area contributed by atoms with Crippen molar-refractivity contribution < 1.29 is 23.9 Å². The van der Waals surface area contributed by atoms with Crippen molar-refractivity contribution in [2.75, 3.05) is 19.4 Å². The number of hydrogen-bond donors (Lipinski definition) is 4. The van der Waals surface area contributed by atoms with E-state index in [9.17, 15) is 19.5 Å². The van der Waals surface area contributed by atoms with Crippen LogP contribution in [0.1, 0.15) is 35.5 Å². The Morgan fingerprint density at radius 3 is 2.52 bits per heavy atom. The van der Waals surface area contributed by atoms with Gasteiger partial charge in [-0.1, -0.05) is 13.0 Å². The summed E-state index contributed by atoms with van der Waals surface area (Å²) in [6.45, 7) is 1.91. The largest absolute Gasteiger partial charge is 0.505 e. The van der Waals surface area contributed by atoms with Crippen LogP contribution in [0.3, 0.4) is 0 Å². The van der Waals surface area contributed by atoms with Gasteiger partial charge in [-0.05, 0) is 30.7 Å². The zero-order chi connectivity index (χ0) is 21.1. The maximum Gasteiger partial charge on any atom is 0.276 e. The molecule has 1 aromatic carbocycles. The smallest absolute Gasteiger partial charge is 0.276 e. The highest BCUT2D eigenvalue weighted by molar-refractivity contribution is 6.20. The van der Waals surface area contributed by atoms with Gasteiger partial charge >= 0.3 is 0 Å². The summed E-state index contributed by atoms with van der Waals surface area (Å²) >= 11 is 0. The fourth-order valence-electron chi connectivity index (χ4n) is 2.94. The van der Waals surface area contributed by atoms with Gasteiger partial charge in [0.25, 0.3) is 17.7 Å². The quantitative estimate of drug-likeness (QED) is 0.413. The minimum absolute atomic E-state index is 0.0296. The molecule has 0 saturated heterocycles. The first kappa shape index (κ1) is 20.0. The van der Waals surface area contributed by atoms with E-state index in [-0.39, 0.29) is 34.4 Å². The summed E-state index contributed by atoms with van der Waals surface area (Å²) in [5, 5.41) is 18.5. The van der Waals surface area contributed by atoms with Crippen molar-refractivity contribution in [3.05, 3.63) is 59.3 Å². The van der Waals surface area contributed by atoms with Crippen molar-refractivity contribution in [1.29, 1.82) is 0 Å². The minimum atomic E-state index is -0.643. The van der Waals surface area contributed by atoms with Gasteiger partial charge in [-0.25, -0.2) is 0 Å². The van der Waals surface area contributed by atoms with Crippen molar-refractivity contribution >= 4 is 23.4 Å². The summed E-state index contributed by atoms with van der Waals surface area (Å²) in [6.07, 6.45) is 2.13. The Balaban J connectivity index is 1.95. The van der Waals surface area contributed by atoms with Crippen LogP contribution in [-0.4, -0.2) is 41.8 Å². The van der Waals surface area contributed by atoms with Gasteiger partial charge in [0.2, 0.25) is 0 Å². The molecular weight excluding hydrogens is 376 g/mol. The topological polar surface area (TPSA) is 124 Å². The molecule has 152 valence electrons. The van der Waals surface area contributed by atoms with Crippen LogP contribution < -0.4 is 16.0 Å². The molecule has 0 aliphatic carbocycles. The molecule has 9 nitrogen and oxygen atoms in total. The van der Waals surface area contributed by atoms with Gasteiger partial charge in [0, 0.05) is 14.1 Å². The summed E-state index contributed by atoms with van der Waals surface area (Å²) in [7, 11) is 3.13. The Morgan fingerprint density at radius 2 is 1.90 bits per heavy atom. The average molecular weight is 398 g/mol. The van der Waals surface area contributed by atoms with Crippen LogP contribution in [0.15, 0.2) is 52.4 Å². The summed E-state index contributed by atoms with van der Waals surface area (Å²) in [5.74, 6) is -1.33. The molecule has 0 bridgehead atoms. The zero-order valence-corrected chi connectivity index (χ0v) is 16.3. The second-order valence-electron chi connectivity index (χ2n) is 6.68. The van der Waals surface area contributed by atoms with Crippen LogP contribution in [0.2, 0.25) is 0 Å². The number of para-hydroxylation sites is 1. The summed E-state index contributed by atoms with van der Waals surface area (Å²) in [6, 6.07) is 7.72. The van der Waals surface area contributed by atoms with Crippen molar-refractivity contribution in [3.63, 3.8) is 0 Å². The number of imide groups is 1. The van der Waals surface area contributed by atoms with Gasteiger partial charge in [-0.15, -0.1) is 0 Å². The lowest BCUT2D eigenvalue weighted by atomic mass is 10.1. The molecule has 2 aromatic rings. The number of carbonyl (C=O) groups excluding carboxylic acids is 3. The maximum absolute atomic E-state index is 12.3. The van der Waals surface area contributed by atoms with E-state index in [2.05, 4.69) is 16.0 Å².